The first-order chi connectivity index (χ1) is 20.8. The van der Waals surface area contributed by atoms with E-state index in [1.165, 1.54) is 37.7 Å². The SMILES string of the molecule is CC1CN(C)CC1CCOc1cc2ncnc(Nc3ccc(F)c(Cl)c3)c2cc1NC(=O)/C=C/CN1CC2CCCC2C1. The number of anilines is 3. The van der Waals surface area contributed by atoms with Gasteiger partial charge in [0.25, 0.3) is 0 Å². The minimum Gasteiger partial charge on any atom is -0.491 e. The largest absolute Gasteiger partial charge is 0.491 e. The monoisotopic (exact) mass is 606 g/mol. The molecule has 2 N–H and O–H groups in total. The summed E-state index contributed by atoms with van der Waals surface area (Å²) in [5.41, 5.74) is 1.79. The Balaban J connectivity index is 1.20. The van der Waals surface area contributed by atoms with Crippen LogP contribution in [0, 0.1) is 29.5 Å². The van der Waals surface area contributed by atoms with E-state index >= 15 is 0 Å². The topological polar surface area (TPSA) is 82.6 Å². The van der Waals surface area contributed by atoms with Crippen LogP contribution in [0.5, 0.6) is 5.75 Å². The van der Waals surface area contributed by atoms with Crippen molar-refractivity contribution in [1.82, 2.24) is 19.8 Å². The number of likely N-dealkylation sites (tertiary alicyclic amines) is 2. The number of carbonyl (C=O) groups is 1. The minimum atomic E-state index is -0.495. The Morgan fingerprint density at radius 3 is 2.70 bits per heavy atom. The third-order valence-electron chi connectivity index (χ3n) is 9.31. The number of carbonyl (C=O) groups excluding carboxylic acids is 1. The highest BCUT2D eigenvalue weighted by Crippen LogP contribution is 2.38. The van der Waals surface area contributed by atoms with Crippen LogP contribution in [0.15, 0.2) is 48.8 Å². The molecule has 2 saturated heterocycles. The Kier molecular flexibility index (Phi) is 9.12. The molecule has 0 bridgehead atoms. The van der Waals surface area contributed by atoms with Gasteiger partial charge in [-0.05, 0) is 74.2 Å². The molecule has 4 unspecified atom stereocenters. The van der Waals surface area contributed by atoms with Crippen LogP contribution >= 0.6 is 11.6 Å². The summed E-state index contributed by atoms with van der Waals surface area (Å²) < 4.78 is 20.0. The van der Waals surface area contributed by atoms with Gasteiger partial charge in [-0.15, -0.1) is 0 Å². The van der Waals surface area contributed by atoms with Crippen LogP contribution in [-0.4, -0.2) is 72.1 Å². The number of benzene rings is 2. The van der Waals surface area contributed by atoms with Gasteiger partial charge < -0.3 is 20.3 Å². The molecule has 43 heavy (non-hydrogen) atoms. The molecule has 2 aliphatic heterocycles. The molecule has 3 fully saturated rings. The van der Waals surface area contributed by atoms with Crippen molar-refractivity contribution >= 4 is 45.6 Å². The number of hydrogen-bond acceptors (Lipinski definition) is 7. The van der Waals surface area contributed by atoms with Crippen molar-refractivity contribution in [2.24, 2.45) is 23.7 Å². The number of halogens is 2. The van der Waals surface area contributed by atoms with Gasteiger partial charge in [0, 0.05) is 55.9 Å². The van der Waals surface area contributed by atoms with Gasteiger partial charge in [0.2, 0.25) is 5.91 Å². The first-order valence-corrected chi connectivity index (χ1v) is 15.7. The molecule has 8 nitrogen and oxygen atoms in total. The van der Waals surface area contributed by atoms with Gasteiger partial charge in [-0.3, -0.25) is 9.69 Å². The Morgan fingerprint density at radius 1 is 1.14 bits per heavy atom. The summed E-state index contributed by atoms with van der Waals surface area (Å²) >= 11 is 6.00. The molecule has 1 saturated carbocycles. The van der Waals surface area contributed by atoms with Crippen molar-refractivity contribution in [3.8, 4) is 5.75 Å². The number of nitrogens with one attached hydrogen (secondary N) is 2. The number of fused-ring (bicyclic) bond motifs is 2. The summed E-state index contributed by atoms with van der Waals surface area (Å²) in [6.07, 6.45) is 9.97. The first-order valence-electron chi connectivity index (χ1n) is 15.3. The molecular formula is C33H40ClFN6O2. The van der Waals surface area contributed by atoms with Crippen molar-refractivity contribution in [2.45, 2.75) is 32.6 Å². The van der Waals surface area contributed by atoms with Crippen LogP contribution in [0.25, 0.3) is 10.9 Å². The van der Waals surface area contributed by atoms with E-state index < -0.39 is 5.82 Å². The first kappa shape index (κ1) is 29.8. The molecule has 1 amide bonds. The molecule has 4 atom stereocenters. The molecule has 6 rings (SSSR count). The highest BCUT2D eigenvalue weighted by atomic mass is 35.5. The fourth-order valence-electron chi connectivity index (χ4n) is 7.07. The van der Waals surface area contributed by atoms with E-state index in [1.807, 2.05) is 18.2 Å². The number of aromatic nitrogens is 2. The summed E-state index contributed by atoms with van der Waals surface area (Å²) in [6.45, 7) is 8.01. The summed E-state index contributed by atoms with van der Waals surface area (Å²) in [6, 6.07) is 8.07. The van der Waals surface area contributed by atoms with Gasteiger partial charge in [0.1, 0.15) is 23.7 Å². The van der Waals surface area contributed by atoms with E-state index in [0.29, 0.717) is 52.3 Å². The molecular weight excluding hydrogens is 567 g/mol. The highest BCUT2D eigenvalue weighted by Gasteiger charge is 2.35. The molecule has 10 heteroatoms. The van der Waals surface area contributed by atoms with E-state index in [1.54, 1.807) is 12.1 Å². The Morgan fingerprint density at radius 2 is 1.95 bits per heavy atom. The number of amides is 1. The van der Waals surface area contributed by atoms with Gasteiger partial charge in [-0.2, -0.15) is 0 Å². The van der Waals surface area contributed by atoms with E-state index in [-0.39, 0.29) is 10.9 Å². The lowest BCUT2D eigenvalue weighted by atomic mass is 9.95. The molecule has 0 radical (unpaired) electrons. The fraction of sp³-hybridized carbons (Fsp3) is 0.485. The third-order valence-corrected chi connectivity index (χ3v) is 9.60. The van der Waals surface area contributed by atoms with Gasteiger partial charge in [-0.25, -0.2) is 14.4 Å². The van der Waals surface area contributed by atoms with Crippen LogP contribution in [-0.2, 0) is 4.79 Å². The quantitative estimate of drug-likeness (QED) is 0.260. The maximum Gasteiger partial charge on any atom is 0.248 e. The maximum atomic E-state index is 13.7. The molecule has 1 aromatic heterocycles. The molecule has 3 heterocycles. The van der Waals surface area contributed by atoms with Gasteiger partial charge in [0.15, 0.2) is 0 Å². The Labute approximate surface area is 257 Å². The molecule has 0 spiro atoms. The van der Waals surface area contributed by atoms with E-state index in [4.69, 9.17) is 16.3 Å². The van der Waals surface area contributed by atoms with Crippen LogP contribution in [0.2, 0.25) is 5.02 Å². The summed E-state index contributed by atoms with van der Waals surface area (Å²) in [4.78, 5) is 26.8. The number of hydrogen-bond donors (Lipinski definition) is 2. The molecule has 228 valence electrons. The molecule has 3 aliphatic rings. The summed E-state index contributed by atoms with van der Waals surface area (Å²) in [7, 11) is 2.16. The lowest BCUT2D eigenvalue weighted by molar-refractivity contribution is -0.111. The van der Waals surface area contributed by atoms with Crippen molar-refractivity contribution in [1.29, 1.82) is 0 Å². The van der Waals surface area contributed by atoms with Crippen molar-refractivity contribution in [3.63, 3.8) is 0 Å². The zero-order chi connectivity index (χ0) is 29.9. The van der Waals surface area contributed by atoms with Gasteiger partial charge in [-0.1, -0.05) is 31.0 Å². The van der Waals surface area contributed by atoms with E-state index in [0.717, 1.165) is 51.0 Å². The second-order valence-corrected chi connectivity index (χ2v) is 12.9. The molecule has 2 aromatic carbocycles. The second kappa shape index (κ2) is 13.2. The molecule has 1 aliphatic carbocycles. The van der Waals surface area contributed by atoms with Gasteiger partial charge in [0.05, 0.1) is 22.8 Å². The second-order valence-electron chi connectivity index (χ2n) is 12.5. The highest BCUT2D eigenvalue weighted by molar-refractivity contribution is 6.31. The average Bonchev–Trinajstić information content (AvgIpc) is 3.66. The van der Waals surface area contributed by atoms with Crippen LogP contribution in [0.4, 0.5) is 21.6 Å². The summed E-state index contributed by atoms with van der Waals surface area (Å²) in [5.74, 6) is 3.19. The van der Waals surface area contributed by atoms with Gasteiger partial charge >= 0.3 is 0 Å². The third kappa shape index (κ3) is 7.11. The minimum absolute atomic E-state index is 0.0127. The Bertz CT molecular complexity index is 1490. The predicted octanol–water partition coefficient (Wildman–Crippen LogP) is 6.36. The van der Waals surface area contributed by atoms with Crippen molar-refractivity contribution < 1.29 is 13.9 Å². The van der Waals surface area contributed by atoms with Crippen LogP contribution in [0.3, 0.4) is 0 Å². The lowest BCUT2D eigenvalue weighted by Crippen LogP contribution is -2.22. The Hall–Kier alpha value is -3.27. The van der Waals surface area contributed by atoms with E-state index in [9.17, 15) is 9.18 Å². The van der Waals surface area contributed by atoms with E-state index in [2.05, 4.69) is 44.4 Å². The number of ether oxygens (including phenoxy) is 1. The normalized spacial score (nSPS) is 24.2. The average molecular weight is 607 g/mol. The molecule has 3 aromatic rings. The van der Waals surface area contributed by atoms with Crippen molar-refractivity contribution in [3.05, 3.63) is 59.7 Å². The summed E-state index contributed by atoms with van der Waals surface area (Å²) in [5, 5.41) is 6.94. The lowest BCUT2D eigenvalue weighted by Gasteiger charge is -2.18. The zero-order valence-corrected chi connectivity index (χ0v) is 25.6. The smallest absolute Gasteiger partial charge is 0.248 e. The number of nitrogens with zero attached hydrogens (tertiary/aromatic N) is 4. The van der Waals surface area contributed by atoms with Crippen LogP contribution in [0.1, 0.15) is 32.6 Å². The van der Waals surface area contributed by atoms with Crippen LogP contribution < -0.4 is 15.4 Å². The number of rotatable bonds is 10. The van der Waals surface area contributed by atoms with Crippen molar-refractivity contribution in [2.75, 3.05) is 57.0 Å². The predicted molar refractivity (Wildman–Crippen MR) is 170 cm³/mol. The standard InChI is InChI=1S/C33H40ClFN6O2/c1-21-16-40(2)17-22(21)10-12-43-31-15-29-26(33(37-20-36-29)38-25-8-9-28(35)27(34)13-25)14-30(31)39-32(42)7-4-11-41-18-23-5-3-6-24(23)19-41/h4,7-9,13-15,20-24H,3,5-6,10-12,16-19H2,1-2H3,(H,39,42)(H,36,37,38)/b7-4+. The fourth-order valence-corrected chi connectivity index (χ4v) is 7.25. The zero-order valence-electron chi connectivity index (χ0n) is 24.9. The maximum absolute atomic E-state index is 13.7.